The van der Waals surface area contributed by atoms with Crippen LogP contribution in [0, 0.1) is 10.1 Å². The molecule has 18 heavy (non-hydrogen) atoms. The van der Waals surface area contributed by atoms with E-state index < -0.39 is 16.9 Å². The Morgan fingerprint density at radius 3 is 2.89 bits per heavy atom. The van der Waals surface area contributed by atoms with E-state index in [1.807, 2.05) is 0 Å². The fraction of sp³-hybridized carbons (Fsp3) is 0.300. The number of amides is 1. The van der Waals surface area contributed by atoms with Crippen molar-refractivity contribution >= 4 is 33.2 Å². The summed E-state index contributed by atoms with van der Waals surface area (Å²) in [5, 5.41) is 13.2. The van der Waals surface area contributed by atoms with Gasteiger partial charge in [-0.1, -0.05) is 15.9 Å². The molecule has 1 unspecified atom stereocenters. The minimum absolute atomic E-state index is 0.0379. The number of carbonyl (C=O) groups excluding carboxylic acids is 1. The predicted octanol–water partition coefficient (Wildman–Crippen LogP) is 1.27. The molecule has 0 saturated carbocycles. The van der Waals surface area contributed by atoms with Crippen LogP contribution in [0.1, 0.15) is 0 Å². The van der Waals surface area contributed by atoms with Crippen LogP contribution in [0.15, 0.2) is 22.7 Å². The summed E-state index contributed by atoms with van der Waals surface area (Å²) in [7, 11) is 1.41. The zero-order chi connectivity index (χ0) is 13.7. The van der Waals surface area contributed by atoms with Crippen molar-refractivity contribution in [3.8, 4) is 0 Å². The van der Waals surface area contributed by atoms with Crippen LogP contribution >= 0.6 is 15.9 Å². The Labute approximate surface area is 112 Å². The van der Waals surface area contributed by atoms with Crippen molar-refractivity contribution in [2.24, 2.45) is 5.73 Å². The molecule has 0 fully saturated rings. The molecular formula is C10H12BrN3O4. The third-order valence-corrected chi connectivity index (χ3v) is 2.59. The van der Waals surface area contributed by atoms with E-state index in [4.69, 9.17) is 10.5 Å². The van der Waals surface area contributed by atoms with Gasteiger partial charge < -0.3 is 15.8 Å². The van der Waals surface area contributed by atoms with Crippen molar-refractivity contribution in [3.05, 3.63) is 32.8 Å². The number of methoxy groups -OCH3 is 1. The topological polar surface area (TPSA) is 107 Å². The average Bonchev–Trinajstić information content (AvgIpc) is 2.31. The van der Waals surface area contributed by atoms with Crippen LogP contribution in [0.4, 0.5) is 11.4 Å². The molecule has 0 saturated heterocycles. The van der Waals surface area contributed by atoms with Crippen LogP contribution in [-0.4, -0.2) is 30.6 Å². The second-order valence-electron chi connectivity index (χ2n) is 3.47. The van der Waals surface area contributed by atoms with E-state index in [2.05, 4.69) is 21.2 Å². The molecule has 1 rings (SSSR count). The second-order valence-corrected chi connectivity index (χ2v) is 4.39. The Hall–Kier alpha value is -1.51. The van der Waals surface area contributed by atoms with Crippen LogP contribution < -0.4 is 11.1 Å². The maximum Gasteiger partial charge on any atom is 0.293 e. The molecule has 0 aliphatic carbocycles. The number of nitro groups is 1. The summed E-state index contributed by atoms with van der Waals surface area (Å²) in [5.74, 6) is -0.540. The zero-order valence-electron chi connectivity index (χ0n) is 9.55. The van der Waals surface area contributed by atoms with Crippen molar-refractivity contribution in [3.63, 3.8) is 0 Å². The van der Waals surface area contributed by atoms with Gasteiger partial charge in [-0.2, -0.15) is 0 Å². The fourth-order valence-electron chi connectivity index (χ4n) is 1.24. The number of anilines is 1. The number of nitrogens with zero attached hydrogens (tertiary/aromatic N) is 1. The Kier molecular flexibility index (Phi) is 5.20. The van der Waals surface area contributed by atoms with E-state index in [1.165, 1.54) is 19.2 Å². The molecule has 0 heterocycles. The monoisotopic (exact) mass is 317 g/mol. The Balaban J connectivity index is 2.90. The van der Waals surface area contributed by atoms with Gasteiger partial charge in [0.25, 0.3) is 5.69 Å². The number of carbonyl (C=O) groups is 1. The minimum Gasteiger partial charge on any atom is -0.383 e. The Morgan fingerprint density at radius 1 is 1.67 bits per heavy atom. The minimum atomic E-state index is -0.877. The van der Waals surface area contributed by atoms with E-state index >= 15 is 0 Å². The average molecular weight is 318 g/mol. The largest absolute Gasteiger partial charge is 0.383 e. The quantitative estimate of drug-likeness (QED) is 0.628. The molecule has 0 aliphatic rings. The summed E-state index contributed by atoms with van der Waals surface area (Å²) < 4.78 is 5.28. The third-order valence-electron chi connectivity index (χ3n) is 2.10. The molecule has 1 amide bonds. The number of nitrogens with two attached hydrogens (primary N) is 1. The van der Waals surface area contributed by atoms with E-state index in [0.29, 0.717) is 4.47 Å². The first-order chi connectivity index (χ1) is 8.45. The Bertz CT molecular complexity index is 466. The summed E-state index contributed by atoms with van der Waals surface area (Å²) in [6, 6.07) is 3.44. The van der Waals surface area contributed by atoms with Crippen LogP contribution in [0.2, 0.25) is 0 Å². The molecule has 1 atom stereocenters. The number of nitro benzene ring substituents is 1. The second kappa shape index (κ2) is 6.43. The molecular weight excluding hydrogens is 306 g/mol. The van der Waals surface area contributed by atoms with Gasteiger partial charge in [-0.05, 0) is 12.1 Å². The molecule has 0 aliphatic heterocycles. The van der Waals surface area contributed by atoms with Gasteiger partial charge in [-0.15, -0.1) is 0 Å². The lowest BCUT2D eigenvalue weighted by molar-refractivity contribution is -0.384. The van der Waals surface area contributed by atoms with Gasteiger partial charge in [-0.25, -0.2) is 0 Å². The standard InChI is InChI=1S/C10H12BrN3O4/c1-18-5-7(12)10(15)13-8-3-2-6(11)4-9(8)14(16)17/h2-4,7H,5,12H2,1H3,(H,13,15). The summed E-state index contributed by atoms with van der Waals surface area (Å²) in [6.45, 7) is 0.0379. The number of hydrogen-bond donors (Lipinski definition) is 2. The number of hydrogen-bond acceptors (Lipinski definition) is 5. The normalized spacial score (nSPS) is 11.9. The van der Waals surface area contributed by atoms with Crippen LogP contribution in [-0.2, 0) is 9.53 Å². The fourth-order valence-corrected chi connectivity index (χ4v) is 1.59. The summed E-state index contributed by atoms with van der Waals surface area (Å²) in [5.41, 5.74) is 5.41. The van der Waals surface area contributed by atoms with Crippen LogP contribution in [0.5, 0.6) is 0 Å². The molecule has 7 nitrogen and oxygen atoms in total. The van der Waals surface area contributed by atoms with Gasteiger partial charge in [0.2, 0.25) is 5.91 Å². The highest BCUT2D eigenvalue weighted by molar-refractivity contribution is 9.10. The molecule has 0 aromatic heterocycles. The van der Waals surface area contributed by atoms with Gasteiger partial charge in [-0.3, -0.25) is 14.9 Å². The first-order valence-electron chi connectivity index (χ1n) is 4.95. The lowest BCUT2D eigenvalue weighted by Gasteiger charge is -2.11. The van der Waals surface area contributed by atoms with Gasteiger partial charge >= 0.3 is 0 Å². The first kappa shape index (κ1) is 14.6. The molecule has 0 spiro atoms. The molecule has 8 heteroatoms. The van der Waals surface area contributed by atoms with Gasteiger partial charge in [0.1, 0.15) is 11.7 Å². The highest BCUT2D eigenvalue weighted by Crippen LogP contribution is 2.27. The SMILES string of the molecule is COCC(N)C(=O)Nc1ccc(Br)cc1[N+](=O)[O-]. The molecule has 1 aromatic carbocycles. The number of rotatable bonds is 5. The number of benzene rings is 1. The van der Waals surface area contributed by atoms with Crippen molar-refractivity contribution in [2.45, 2.75) is 6.04 Å². The summed E-state index contributed by atoms with van der Waals surface area (Å²) >= 11 is 3.12. The van der Waals surface area contributed by atoms with Crippen molar-refractivity contribution in [1.29, 1.82) is 0 Å². The van der Waals surface area contributed by atoms with E-state index in [1.54, 1.807) is 6.07 Å². The summed E-state index contributed by atoms with van der Waals surface area (Å²) in [6.07, 6.45) is 0. The van der Waals surface area contributed by atoms with Gasteiger partial charge in [0.05, 0.1) is 11.5 Å². The first-order valence-corrected chi connectivity index (χ1v) is 5.74. The van der Waals surface area contributed by atoms with E-state index in [0.717, 1.165) is 0 Å². The maximum absolute atomic E-state index is 11.6. The van der Waals surface area contributed by atoms with Crippen molar-refractivity contribution < 1.29 is 14.5 Å². The van der Waals surface area contributed by atoms with Crippen LogP contribution in [0.25, 0.3) is 0 Å². The van der Waals surface area contributed by atoms with E-state index in [-0.39, 0.29) is 18.0 Å². The van der Waals surface area contributed by atoms with Gasteiger partial charge in [0, 0.05) is 17.6 Å². The summed E-state index contributed by atoms with van der Waals surface area (Å²) in [4.78, 5) is 21.9. The number of ether oxygens (including phenoxy) is 1. The lowest BCUT2D eigenvalue weighted by atomic mass is 10.2. The number of nitrogens with one attached hydrogen (secondary N) is 1. The van der Waals surface area contributed by atoms with Crippen molar-refractivity contribution in [1.82, 2.24) is 0 Å². The van der Waals surface area contributed by atoms with Gasteiger partial charge in [0.15, 0.2) is 0 Å². The van der Waals surface area contributed by atoms with Crippen molar-refractivity contribution in [2.75, 3.05) is 19.0 Å². The lowest BCUT2D eigenvalue weighted by Crippen LogP contribution is -2.39. The third kappa shape index (κ3) is 3.76. The number of halogens is 1. The molecule has 1 aromatic rings. The van der Waals surface area contributed by atoms with E-state index in [9.17, 15) is 14.9 Å². The molecule has 0 radical (unpaired) electrons. The van der Waals surface area contributed by atoms with Crippen LogP contribution in [0.3, 0.4) is 0 Å². The molecule has 3 N–H and O–H groups in total. The molecule has 0 bridgehead atoms. The predicted molar refractivity (Wildman–Crippen MR) is 69.3 cm³/mol. The Morgan fingerprint density at radius 2 is 2.33 bits per heavy atom. The smallest absolute Gasteiger partial charge is 0.293 e. The zero-order valence-corrected chi connectivity index (χ0v) is 11.1. The maximum atomic E-state index is 11.6. The highest BCUT2D eigenvalue weighted by Gasteiger charge is 2.19. The highest BCUT2D eigenvalue weighted by atomic mass is 79.9. The molecule has 98 valence electrons.